The van der Waals surface area contributed by atoms with E-state index in [4.69, 9.17) is 13.9 Å². The van der Waals surface area contributed by atoms with Crippen LogP contribution in [-0.4, -0.2) is 39.2 Å². The molecular weight excluding hydrogens is 272 g/mol. The number of esters is 1. The molecule has 0 N–H and O–H groups in total. The Bertz CT molecular complexity index is 371. The van der Waals surface area contributed by atoms with Crippen LogP contribution in [0.15, 0.2) is 12.2 Å². The fraction of sp³-hybridized carbons (Fsp3) is 0.800. The average molecular weight is 300 g/mol. The highest BCUT2D eigenvalue weighted by Crippen LogP contribution is 2.37. The van der Waals surface area contributed by atoms with Crippen molar-refractivity contribution in [2.24, 2.45) is 0 Å². The molecule has 0 saturated carbocycles. The first-order chi connectivity index (χ1) is 9.03. The first kappa shape index (κ1) is 17.4. The second-order valence-electron chi connectivity index (χ2n) is 6.91. The molecule has 0 amide bonds. The van der Waals surface area contributed by atoms with Gasteiger partial charge >= 0.3 is 5.97 Å². The van der Waals surface area contributed by atoms with Gasteiger partial charge in [-0.3, -0.25) is 4.79 Å². The SMILES string of the molecule is CC(=O)O[C@H]1C=C[C@@H](C)O[C@@H]1CO[Si](C)(C)C(C)(C)C. The first-order valence-electron chi connectivity index (χ1n) is 7.18. The maximum absolute atomic E-state index is 11.2. The molecule has 0 aromatic rings. The Morgan fingerprint density at radius 1 is 1.30 bits per heavy atom. The van der Waals surface area contributed by atoms with E-state index in [-0.39, 0.29) is 29.3 Å². The summed E-state index contributed by atoms with van der Waals surface area (Å²) in [5.41, 5.74) is 0. The van der Waals surface area contributed by atoms with Gasteiger partial charge in [-0.1, -0.05) is 26.8 Å². The maximum atomic E-state index is 11.2. The molecule has 3 atom stereocenters. The Hall–Kier alpha value is -0.653. The van der Waals surface area contributed by atoms with Crippen LogP contribution >= 0.6 is 0 Å². The second kappa shape index (κ2) is 6.41. The van der Waals surface area contributed by atoms with E-state index >= 15 is 0 Å². The molecule has 1 heterocycles. The van der Waals surface area contributed by atoms with Crippen molar-refractivity contribution in [1.29, 1.82) is 0 Å². The third kappa shape index (κ3) is 4.72. The number of carbonyl (C=O) groups is 1. The molecule has 1 aliphatic heterocycles. The van der Waals surface area contributed by atoms with E-state index in [1.54, 1.807) is 0 Å². The highest BCUT2D eigenvalue weighted by Gasteiger charge is 2.39. The van der Waals surface area contributed by atoms with Crippen molar-refractivity contribution in [2.75, 3.05) is 6.61 Å². The van der Waals surface area contributed by atoms with Crippen molar-refractivity contribution in [1.82, 2.24) is 0 Å². The van der Waals surface area contributed by atoms with Crippen LogP contribution in [0.2, 0.25) is 18.1 Å². The van der Waals surface area contributed by atoms with Crippen LogP contribution in [0.1, 0.15) is 34.6 Å². The van der Waals surface area contributed by atoms with E-state index in [0.717, 1.165) is 0 Å². The molecule has 0 aromatic carbocycles. The minimum atomic E-state index is -1.83. The number of rotatable bonds is 4. The number of hydrogen-bond acceptors (Lipinski definition) is 4. The molecule has 0 saturated heterocycles. The highest BCUT2D eigenvalue weighted by atomic mass is 28.4. The fourth-order valence-corrected chi connectivity index (χ4v) is 2.75. The molecule has 1 aliphatic rings. The zero-order valence-electron chi connectivity index (χ0n) is 13.7. The topological polar surface area (TPSA) is 44.8 Å². The largest absolute Gasteiger partial charge is 0.455 e. The minimum absolute atomic E-state index is 0.0230. The monoisotopic (exact) mass is 300 g/mol. The van der Waals surface area contributed by atoms with Crippen molar-refractivity contribution in [3.8, 4) is 0 Å². The van der Waals surface area contributed by atoms with Gasteiger partial charge in [0.1, 0.15) is 12.2 Å². The van der Waals surface area contributed by atoms with Gasteiger partial charge in [-0.15, -0.1) is 0 Å². The molecule has 0 spiro atoms. The Morgan fingerprint density at radius 2 is 1.90 bits per heavy atom. The van der Waals surface area contributed by atoms with Crippen LogP contribution in [0.3, 0.4) is 0 Å². The molecule has 0 aromatic heterocycles. The quantitative estimate of drug-likeness (QED) is 0.454. The van der Waals surface area contributed by atoms with Crippen LogP contribution in [0, 0.1) is 0 Å². The minimum Gasteiger partial charge on any atom is -0.455 e. The molecule has 0 radical (unpaired) electrons. The van der Waals surface area contributed by atoms with Gasteiger partial charge in [0.05, 0.1) is 12.7 Å². The summed E-state index contributed by atoms with van der Waals surface area (Å²) in [5.74, 6) is -0.296. The van der Waals surface area contributed by atoms with Crippen molar-refractivity contribution in [3.63, 3.8) is 0 Å². The van der Waals surface area contributed by atoms with E-state index in [0.29, 0.717) is 6.61 Å². The maximum Gasteiger partial charge on any atom is 0.303 e. The summed E-state index contributed by atoms with van der Waals surface area (Å²) in [6.07, 6.45) is 3.25. The van der Waals surface area contributed by atoms with Crippen molar-refractivity contribution < 1.29 is 18.7 Å². The fourth-order valence-electron chi connectivity index (χ4n) is 1.74. The third-order valence-corrected chi connectivity index (χ3v) is 8.55. The van der Waals surface area contributed by atoms with Crippen LogP contribution < -0.4 is 0 Å². The number of ether oxygens (including phenoxy) is 2. The summed E-state index contributed by atoms with van der Waals surface area (Å²) >= 11 is 0. The molecule has 5 heteroatoms. The predicted molar refractivity (Wildman–Crippen MR) is 82.2 cm³/mol. The summed E-state index contributed by atoms with van der Waals surface area (Å²) < 4.78 is 17.3. The van der Waals surface area contributed by atoms with Crippen molar-refractivity contribution in [3.05, 3.63) is 12.2 Å². The molecule has 0 unspecified atom stereocenters. The van der Waals surface area contributed by atoms with Crippen molar-refractivity contribution >= 4 is 14.3 Å². The van der Waals surface area contributed by atoms with Gasteiger partial charge in [-0.25, -0.2) is 0 Å². The van der Waals surface area contributed by atoms with E-state index < -0.39 is 8.32 Å². The summed E-state index contributed by atoms with van der Waals surface area (Å²) in [5, 5.41) is 0.153. The Labute approximate surface area is 123 Å². The number of hydrogen-bond donors (Lipinski definition) is 0. The van der Waals surface area contributed by atoms with E-state index in [1.165, 1.54) is 6.92 Å². The standard InChI is InChI=1S/C15H28O4Si/c1-11-8-9-13(19-12(2)16)14(18-11)10-17-20(6,7)15(3,4)5/h8-9,11,13-14H,10H2,1-7H3/t11-,13+,14-/m1/s1. The van der Waals surface area contributed by atoms with E-state index in [9.17, 15) is 4.79 Å². The summed E-state index contributed by atoms with van der Waals surface area (Å²) in [7, 11) is -1.83. The Morgan fingerprint density at radius 3 is 2.40 bits per heavy atom. The molecule has 20 heavy (non-hydrogen) atoms. The molecule has 116 valence electrons. The van der Waals surface area contributed by atoms with Gasteiger partial charge < -0.3 is 13.9 Å². The zero-order chi connectivity index (χ0) is 15.6. The molecule has 0 fully saturated rings. The normalized spacial score (nSPS) is 27.4. The zero-order valence-corrected chi connectivity index (χ0v) is 14.7. The van der Waals surface area contributed by atoms with Crippen LogP contribution in [0.4, 0.5) is 0 Å². The lowest BCUT2D eigenvalue weighted by Gasteiger charge is -2.39. The lowest BCUT2D eigenvalue weighted by molar-refractivity contribution is -0.155. The Kier molecular flexibility index (Phi) is 5.58. The van der Waals surface area contributed by atoms with Crippen LogP contribution in [-0.2, 0) is 18.7 Å². The smallest absolute Gasteiger partial charge is 0.303 e. The van der Waals surface area contributed by atoms with E-state index in [2.05, 4.69) is 33.9 Å². The van der Waals surface area contributed by atoms with Crippen LogP contribution in [0.25, 0.3) is 0 Å². The average Bonchev–Trinajstić information content (AvgIpc) is 2.27. The summed E-state index contributed by atoms with van der Waals surface area (Å²) in [6.45, 7) is 14.9. The highest BCUT2D eigenvalue weighted by molar-refractivity contribution is 6.74. The number of carbonyl (C=O) groups excluding carboxylic acids is 1. The Balaban J connectivity index is 2.68. The van der Waals surface area contributed by atoms with Gasteiger partial charge in [0, 0.05) is 6.92 Å². The first-order valence-corrected chi connectivity index (χ1v) is 10.1. The molecule has 1 rings (SSSR count). The van der Waals surface area contributed by atoms with Gasteiger partial charge in [-0.05, 0) is 31.1 Å². The second-order valence-corrected chi connectivity index (χ2v) is 11.7. The molecule has 0 bridgehead atoms. The van der Waals surface area contributed by atoms with Gasteiger partial charge in [0.15, 0.2) is 8.32 Å². The van der Waals surface area contributed by atoms with E-state index in [1.807, 2.05) is 19.1 Å². The predicted octanol–water partition coefficient (Wildman–Crippen LogP) is 3.28. The molecular formula is C15H28O4Si. The van der Waals surface area contributed by atoms with Crippen molar-refractivity contribution in [2.45, 2.75) is 71.1 Å². The van der Waals surface area contributed by atoms with Crippen LogP contribution in [0.5, 0.6) is 0 Å². The lowest BCUT2D eigenvalue weighted by Crippen LogP contribution is -2.47. The summed E-state index contributed by atoms with van der Waals surface area (Å²) in [4.78, 5) is 11.2. The lowest BCUT2D eigenvalue weighted by atomic mass is 10.1. The van der Waals surface area contributed by atoms with Gasteiger partial charge in [-0.2, -0.15) is 0 Å². The van der Waals surface area contributed by atoms with Gasteiger partial charge in [0.2, 0.25) is 0 Å². The van der Waals surface area contributed by atoms with Gasteiger partial charge in [0.25, 0.3) is 0 Å². The summed E-state index contributed by atoms with van der Waals surface area (Å²) in [6, 6.07) is 0. The molecule has 4 nitrogen and oxygen atoms in total. The molecule has 0 aliphatic carbocycles. The third-order valence-electron chi connectivity index (χ3n) is 4.04.